The summed E-state index contributed by atoms with van der Waals surface area (Å²) in [5.74, 6) is 1.68. The number of hydrogen-bond acceptors (Lipinski definition) is 5. The number of ether oxygens (including phenoxy) is 2. The molecule has 0 amide bonds. The van der Waals surface area contributed by atoms with Crippen molar-refractivity contribution in [1.29, 1.82) is 0 Å². The Morgan fingerprint density at radius 1 is 1.03 bits per heavy atom. The number of methoxy groups -OCH3 is 2. The van der Waals surface area contributed by atoms with E-state index < -0.39 is 18.3 Å². The summed E-state index contributed by atoms with van der Waals surface area (Å²) in [5, 5.41) is 32.4. The average Bonchev–Trinajstić information content (AvgIpc) is 3.02. The first-order chi connectivity index (χ1) is 13.7. The SMILES string of the molecule is COC(OC)C(C)[C@H]1CC[C@H]2[C@@H]3[C@H](O)C=C4C[C@@H](O)C[C@H](O)[C@]4(C)[C@H]3CC[C@]12C. The van der Waals surface area contributed by atoms with Gasteiger partial charge in [-0.1, -0.05) is 32.4 Å². The van der Waals surface area contributed by atoms with E-state index in [1.54, 1.807) is 14.2 Å². The van der Waals surface area contributed by atoms with Crippen molar-refractivity contribution in [1.82, 2.24) is 0 Å². The molecule has 3 fully saturated rings. The minimum atomic E-state index is -0.538. The van der Waals surface area contributed by atoms with Crippen LogP contribution in [0.2, 0.25) is 0 Å². The Labute approximate surface area is 175 Å². The highest BCUT2D eigenvalue weighted by molar-refractivity contribution is 5.29. The van der Waals surface area contributed by atoms with Gasteiger partial charge in [0, 0.05) is 32.0 Å². The first-order valence-corrected chi connectivity index (χ1v) is 11.5. The Balaban J connectivity index is 1.66. The van der Waals surface area contributed by atoms with Crippen LogP contribution in [0.25, 0.3) is 0 Å². The molecule has 1 unspecified atom stereocenters. The lowest BCUT2D eigenvalue weighted by molar-refractivity contribution is -0.169. The molecule has 166 valence electrons. The van der Waals surface area contributed by atoms with Gasteiger partial charge in [0.1, 0.15) is 0 Å². The third-order valence-electron chi connectivity index (χ3n) is 9.81. The van der Waals surface area contributed by atoms with Gasteiger partial charge in [-0.05, 0) is 61.2 Å². The average molecular weight is 409 g/mol. The molecule has 0 aliphatic heterocycles. The van der Waals surface area contributed by atoms with Gasteiger partial charge < -0.3 is 24.8 Å². The van der Waals surface area contributed by atoms with Crippen LogP contribution < -0.4 is 0 Å². The van der Waals surface area contributed by atoms with E-state index in [1.165, 1.54) is 0 Å². The Kier molecular flexibility index (Phi) is 5.70. The Morgan fingerprint density at radius 3 is 2.38 bits per heavy atom. The molecule has 0 radical (unpaired) electrons. The fourth-order valence-electron chi connectivity index (χ4n) is 8.31. The van der Waals surface area contributed by atoms with E-state index in [-0.39, 0.29) is 29.0 Å². The van der Waals surface area contributed by atoms with Gasteiger partial charge in [0.25, 0.3) is 0 Å². The van der Waals surface area contributed by atoms with Crippen LogP contribution in [0.3, 0.4) is 0 Å². The topological polar surface area (TPSA) is 79.2 Å². The van der Waals surface area contributed by atoms with Crippen LogP contribution in [0, 0.1) is 40.4 Å². The zero-order valence-corrected chi connectivity index (χ0v) is 18.7. The van der Waals surface area contributed by atoms with E-state index >= 15 is 0 Å². The molecule has 3 N–H and O–H groups in total. The third kappa shape index (κ3) is 3.07. The number of aliphatic hydroxyl groups excluding tert-OH is 3. The summed E-state index contributed by atoms with van der Waals surface area (Å²) in [6.07, 6.45) is 5.66. The molecule has 0 aromatic carbocycles. The molecule has 5 nitrogen and oxygen atoms in total. The van der Waals surface area contributed by atoms with Gasteiger partial charge in [-0.2, -0.15) is 0 Å². The normalized spacial score (nSPS) is 50.5. The van der Waals surface area contributed by atoms with Crippen molar-refractivity contribution in [2.24, 2.45) is 40.4 Å². The molecule has 0 saturated heterocycles. The molecule has 4 rings (SSSR count). The second kappa shape index (κ2) is 7.59. The largest absolute Gasteiger partial charge is 0.393 e. The van der Waals surface area contributed by atoms with Crippen LogP contribution in [0.4, 0.5) is 0 Å². The van der Waals surface area contributed by atoms with Gasteiger partial charge in [0.15, 0.2) is 6.29 Å². The first kappa shape index (κ1) is 21.8. The number of aliphatic hydroxyl groups is 3. The lowest BCUT2D eigenvalue weighted by Gasteiger charge is -2.60. The molecule has 0 bridgehead atoms. The molecule has 4 aliphatic rings. The van der Waals surface area contributed by atoms with E-state index in [4.69, 9.17) is 9.47 Å². The second-order valence-electron chi connectivity index (χ2n) is 10.8. The quantitative estimate of drug-likeness (QED) is 0.492. The van der Waals surface area contributed by atoms with Crippen molar-refractivity contribution in [3.8, 4) is 0 Å². The van der Waals surface area contributed by atoms with E-state index in [0.717, 1.165) is 31.3 Å². The van der Waals surface area contributed by atoms with E-state index in [0.29, 0.717) is 30.6 Å². The highest BCUT2D eigenvalue weighted by Crippen LogP contribution is 2.67. The smallest absolute Gasteiger partial charge is 0.159 e. The summed E-state index contributed by atoms with van der Waals surface area (Å²) < 4.78 is 11.2. The summed E-state index contributed by atoms with van der Waals surface area (Å²) in [7, 11) is 3.43. The summed E-state index contributed by atoms with van der Waals surface area (Å²) >= 11 is 0. The molecule has 0 aromatic heterocycles. The Morgan fingerprint density at radius 2 is 1.72 bits per heavy atom. The van der Waals surface area contributed by atoms with Gasteiger partial charge >= 0.3 is 0 Å². The van der Waals surface area contributed by atoms with Gasteiger partial charge in [0.2, 0.25) is 0 Å². The minimum Gasteiger partial charge on any atom is -0.393 e. The van der Waals surface area contributed by atoms with Gasteiger partial charge in [-0.25, -0.2) is 0 Å². The van der Waals surface area contributed by atoms with Crippen molar-refractivity contribution in [3.05, 3.63) is 11.6 Å². The maximum atomic E-state index is 11.2. The molecule has 0 heterocycles. The van der Waals surface area contributed by atoms with Crippen LogP contribution in [0.5, 0.6) is 0 Å². The van der Waals surface area contributed by atoms with Crippen molar-refractivity contribution in [3.63, 3.8) is 0 Å². The van der Waals surface area contributed by atoms with Crippen molar-refractivity contribution in [2.75, 3.05) is 14.2 Å². The molecule has 3 saturated carbocycles. The van der Waals surface area contributed by atoms with Crippen molar-refractivity contribution >= 4 is 0 Å². The lowest BCUT2D eigenvalue weighted by atomic mass is 9.45. The predicted molar refractivity (Wildman–Crippen MR) is 111 cm³/mol. The molecular weight excluding hydrogens is 368 g/mol. The number of hydrogen-bond donors (Lipinski definition) is 3. The number of fused-ring (bicyclic) bond motifs is 5. The standard InChI is InChI=1S/C24H40O5/c1-13(22(28-4)29-5)16-6-7-17-21-18(8-9-23(16,17)2)24(3)14(11-19(21)26)10-15(25)12-20(24)27/h11,13,15-22,25-27H,6-10,12H2,1-5H3/t13?,15-,16-,17+,18+,19-,20+,21+,23-,24+/m1/s1. The van der Waals surface area contributed by atoms with Crippen LogP contribution in [0.15, 0.2) is 11.6 Å². The van der Waals surface area contributed by atoms with Gasteiger partial charge in [-0.3, -0.25) is 0 Å². The fraction of sp³-hybridized carbons (Fsp3) is 0.917. The Bertz CT molecular complexity index is 645. The molecule has 29 heavy (non-hydrogen) atoms. The minimum absolute atomic E-state index is 0.151. The Hall–Kier alpha value is -0.460. The van der Waals surface area contributed by atoms with Crippen molar-refractivity contribution < 1.29 is 24.8 Å². The maximum absolute atomic E-state index is 11.2. The summed E-state index contributed by atoms with van der Waals surface area (Å²) in [4.78, 5) is 0. The molecule has 5 heteroatoms. The van der Waals surface area contributed by atoms with Crippen LogP contribution in [-0.4, -0.2) is 54.1 Å². The maximum Gasteiger partial charge on any atom is 0.159 e. The predicted octanol–water partition coefficient (Wildman–Crippen LogP) is 3.12. The molecule has 0 spiro atoms. The summed E-state index contributed by atoms with van der Waals surface area (Å²) in [6, 6.07) is 0. The molecular formula is C24H40O5. The van der Waals surface area contributed by atoms with E-state index in [2.05, 4.69) is 20.8 Å². The third-order valence-corrected chi connectivity index (χ3v) is 9.81. The van der Waals surface area contributed by atoms with E-state index in [1.807, 2.05) is 6.08 Å². The summed E-state index contributed by atoms with van der Waals surface area (Å²) in [6.45, 7) is 6.84. The number of rotatable bonds is 4. The monoisotopic (exact) mass is 408 g/mol. The van der Waals surface area contributed by atoms with Crippen LogP contribution >= 0.6 is 0 Å². The van der Waals surface area contributed by atoms with Crippen LogP contribution in [0.1, 0.15) is 59.3 Å². The van der Waals surface area contributed by atoms with E-state index in [9.17, 15) is 15.3 Å². The highest BCUT2D eigenvalue weighted by atomic mass is 16.7. The molecule has 10 atom stereocenters. The van der Waals surface area contributed by atoms with Crippen molar-refractivity contribution in [2.45, 2.75) is 83.9 Å². The molecule has 0 aromatic rings. The highest BCUT2D eigenvalue weighted by Gasteiger charge is 2.63. The first-order valence-electron chi connectivity index (χ1n) is 11.5. The zero-order chi connectivity index (χ0) is 21.1. The fourth-order valence-corrected chi connectivity index (χ4v) is 8.31. The van der Waals surface area contributed by atoms with Gasteiger partial charge in [-0.15, -0.1) is 0 Å². The molecule has 4 aliphatic carbocycles. The summed E-state index contributed by atoms with van der Waals surface area (Å²) in [5.41, 5.74) is 0.899. The lowest BCUT2D eigenvalue weighted by Crippen LogP contribution is -2.59. The van der Waals surface area contributed by atoms with Crippen LogP contribution in [-0.2, 0) is 9.47 Å². The second-order valence-corrected chi connectivity index (χ2v) is 10.8. The van der Waals surface area contributed by atoms with Gasteiger partial charge in [0.05, 0.1) is 18.3 Å². The zero-order valence-electron chi connectivity index (χ0n) is 18.7.